The number of hydrogen-bond acceptors (Lipinski definition) is 4. The van der Waals surface area contributed by atoms with Gasteiger partial charge in [0.15, 0.2) is 5.82 Å². The zero-order chi connectivity index (χ0) is 12.4. The molecule has 1 aliphatic carbocycles. The molecule has 18 heavy (non-hydrogen) atoms. The Balaban J connectivity index is 1.93. The number of rotatable bonds is 2. The lowest BCUT2D eigenvalue weighted by Gasteiger charge is -2.16. The van der Waals surface area contributed by atoms with Gasteiger partial charge in [-0.25, -0.2) is 4.98 Å². The molecule has 0 radical (unpaired) electrons. The number of aryl methyl sites for hydroxylation is 2. The van der Waals surface area contributed by atoms with Crippen LogP contribution in [-0.4, -0.2) is 15.2 Å². The number of benzene rings is 1. The lowest BCUT2D eigenvalue weighted by Crippen LogP contribution is -2.19. The number of hydrogen-bond donors (Lipinski definition) is 1. The normalized spacial score (nSPS) is 16.1. The second-order valence-corrected chi connectivity index (χ2v) is 4.66. The molecular formula is C14H16N4. The number of nitrogens with two attached hydrogens (primary N) is 1. The van der Waals surface area contributed by atoms with Crippen molar-refractivity contribution in [2.24, 2.45) is 5.73 Å². The predicted molar refractivity (Wildman–Crippen MR) is 68.9 cm³/mol. The van der Waals surface area contributed by atoms with E-state index < -0.39 is 0 Å². The number of nitrogens with zero attached hydrogens (tertiary/aromatic N) is 3. The Bertz CT molecular complexity index is 539. The van der Waals surface area contributed by atoms with Gasteiger partial charge in [-0.3, -0.25) is 0 Å². The van der Waals surface area contributed by atoms with Gasteiger partial charge in [0.2, 0.25) is 0 Å². The van der Waals surface area contributed by atoms with Gasteiger partial charge in [0, 0.05) is 0 Å². The first-order chi connectivity index (χ1) is 8.84. The van der Waals surface area contributed by atoms with Gasteiger partial charge >= 0.3 is 0 Å². The summed E-state index contributed by atoms with van der Waals surface area (Å²) in [6.45, 7) is 0. The molecule has 0 amide bonds. The second-order valence-electron chi connectivity index (χ2n) is 4.66. The molecule has 4 nitrogen and oxygen atoms in total. The summed E-state index contributed by atoms with van der Waals surface area (Å²) < 4.78 is 0. The first kappa shape index (κ1) is 11.3. The fourth-order valence-corrected chi connectivity index (χ4v) is 2.32. The van der Waals surface area contributed by atoms with Gasteiger partial charge in [-0.1, -0.05) is 30.3 Å². The molecule has 1 unspecified atom stereocenters. The molecule has 4 heteroatoms. The van der Waals surface area contributed by atoms with Crippen LogP contribution in [0.1, 0.15) is 41.7 Å². The van der Waals surface area contributed by atoms with E-state index in [2.05, 4.69) is 15.2 Å². The van der Waals surface area contributed by atoms with E-state index >= 15 is 0 Å². The summed E-state index contributed by atoms with van der Waals surface area (Å²) in [5.41, 5.74) is 9.34. The largest absolute Gasteiger partial charge is 0.318 e. The highest BCUT2D eigenvalue weighted by atomic mass is 15.2. The average Bonchev–Trinajstić information content (AvgIpc) is 2.47. The summed E-state index contributed by atoms with van der Waals surface area (Å²) in [6.07, 6.45) is 4.37. The fourth-order valence-electron chi connectivity index (χ4n) is 2.32. The molecule has 2 N–H and O–H groups in total. The monoisotopic (exact) mass is 240 g/mol. The number of fused-ring (bicyclic) bond motifs is 1. The third-order valence-electron chi connectivity index (χ3n) is 3.37. The Kier molecular flexibility index (Phi) is 3.02. The maximum absolute atomic E-state index is 6.18. The molecule has 92 valence electrons. The molecular weight excluding hydrogens is 224 g/mol. The van der Waals surface area contributed by atoms with Crippen molar-refractivity contribution in [1.29, 1.82) is 0 Å². The van der Waals surface area contributed by atoms with Crippen molar-refractivity contribution >= 4 is 0 Å². The summed E-state index contributed by atoms with van der Waals surface area (Å²) in [5.74, 6) is 0.627. The average molecular weight is 240 g/mol. The summed E-state index contributed by atoms with van der Waals surface area (Å²) in [7, 11) is 0. The highest BCUT2D eigenvalue weighted by Crippen LogP contribution is 2.20. The lowest BCUT2D eigenvalue weighted by molar-refractivity contribution is 0.607. The SMILES string of the molecule is NC(c1ccccc1)c1nnc2c(n1)CCCC2. The Morgan fingerprint density at radius 1 is 0.944 bits per heavy atom. The topological polar surface area (TPSA) is 64.7 Å². The van der Waals surface area contributed by atoms with E-state index in [4.69, 9.17) is 5.73 Å². The highest BCUT2D eigenvalue weighted by molar-refractivity contribution is 5.25. The summed E-state index contributed by atoms with van der Waals surface area (Å²) >= 11 is 0. The van der Waals surface area contributed by atoms with Gasteiger partial charge in [0.25, 0.3) is 0 Å². The standard InChI is InChI=1S/C14H16N4/c15-13(10-6-2-1-3-7-10)14-16-11-8-4-5-9-12(11)17-18-14/h1-3,6-7,13H,4-5,8-9,15H2. The van der Waals surface area contributed by atoms with Crippen molar-refractivity contribution in [1.82, 2.24) is 15.2 Å². The first-order valence-corrected chi connectivity index (χ1v) is 6.37. The van der Waals surface area contributed by atoms with Crippen LogP contribution in [0.2, 0.25) is 0 Å². The molecule has 0 saturated carbocycles. The molecule has 0 aliphatic heterocycles. The molecule has 0 spiro atoms. The zero-order valence-electron chi connectivity index (χ0n) is 10.2. The van der Waals surface area contributed by atoms with E-state index in [0.29, 0.717) is 5.82 Å². The molecule has 1 atom stereocenters. The van der Waals surface area contributed by atoms with Crippen molar-refractivity contribution < 1.29 is 0 Å². The fraction of sp³-hybridized carbons (Fsp3) is 0.357. The first-order valence-electron chi connectivity index (χ1n) is 6.37. The van der Waals surface area contributed by atoms with E-state index in [1.54, 1.807) is 0 Å². The summed E-state index contributed by atoms with van der Waals surface area (Å²) in [5, 5.41) is 8.46. The van der Waals surface area contributed by atoms with Crippen LogP contribution in [0.15, 0.2) is 30.3 Å². The van der Waals surface area contributed by atoms with Crippen LogP contribution in [0.5, 0.6) is 0 Å². The molecule has 0 bridgehead atoms. The van der Waals surface area contributed by atoms with E-state index in [1.165, 1.54) is 12.8 Å². The quantitative estimate of drug-likeness (QED) is 0.869. The van der Waals surface area contributed by atoms with E-state index in [0.717, 1.165) is 29.8 Å². The Morgan fingerprint density at radius 2 is 1.67 bits per heavy atom. The van der Waals surface area contributed by atoms with Crippen molar-refractivity contribution in [3.63, 3.8) is 0 Å². The Morgan fingerprint density at radius 3 is 2.44 bits per heavy atom. The Hall–Kier alpha value is -1.81. The summed E-state index contributed by atoms with van der Waals surface area (Å²) in [6, 6.07) is 9.62. The molecule has 1 aromatic carbocycles. The summed E-state index contributed by atoms with van der Waals surface area (Å²) in [4.78, 5) is 4.59. The second kappa shape index (κ2) is 4.82. The van der Waals surface area contributed by atoms with Crippen LogP contribution >= 0.6 is 0 Å². The maximum atomic E-state index is 6.18. The molecule has 1 heterocycles. The predicted octanol–water partition coefficient (Wildman–Crippen LogP) is 1.80. The zero-order valence-corrected chi connectivity index (χ0v) is 10.2. The van der Waals surface area contributed by atoms with E-state index in [1.807, 2.05) is 30.3 Å². The van der Waals surface area contributed by atoms with Crippen LogP contribution in [0.3, 0.4) is 0 Å². The van der Waals surface area contributed by atoms with Crippen LogP contribution in [0.4, 0.5) is 0 Å². The van der Waals surface area contributed by atoms with Gasteiger partial charge in [0.05, 0.1) is 17.4 Å². The Labute approximate surface area is 106 Å². The molecule has 1 aliphatic rings. The van der Waals surface area contributed by atoms with Crippen molar-refractivity contribution in [2.45, 2.75) is 31.7 Å². The molecule has 0 fully saturated rings. The van der Waals surface area contributed by atoms with Crippen molar-refractivity contribution in [3.8, 4) is 0 Å². The van der Waals surface area contributed by atoms with E-state index in [-0.39, 0.29) is 6.04 Å². The maximum Gasteiger partial charge on any atom is 0.172 e. The van der Waals surface area contributed by atoms with E-state index in [9.17, 15) is 0 Å². The number of aromatic nitrogens is 3. The third kappa shape index (κ3) is 2.11. The van der Waals surface area contributed by atoms with Gasteiger partial charge < -0.3 is 5.73 Å². The van der Waals surface area contributed by atoms with Gasteiger partial charge in [0.1, 0.15) is 0 Å². The molecule has 2 aromatic rings. The minimum atomic E-state index is -0.286. The van der Waals surface area contributed by atoms with Crippen molar-refractivity contribution in [3.05, 3.63) is 53.1 Å². The molecule has 0 saturated heterocycles. The minimum absolute atomic E-state index is 0.286. The van der Waals surface area contributed by atoms with Crippen LogP contribution in [0.25, 0.3) is 0 Å². The van der Waals surface area contributed by atoms with Gasteiger partial charge in [-0.05, 0) is 31.2 Å². The smallest absolute Gasteiger partial charge is 0.172 e. The van der Waals surface area contributed by atoms with Gasteiger partial charge in [-0.15, -0.1) is 5.10 Å². The van der Waals surface area contributed by atoms with Crippen LogP contribution < -0.4 is 5.73 Å². The third-order valence-corrected chi connectivity index (χ3v) is 3.37. The highest BCUT2D eigenvalue weighted by Gasteiger charge is 2.17. The van der Waals surface area contributed by atoms with Crippen LogP contribution in [0, 0.1) is 0 Å². The lowest BCUT2D eigenvalue weighted by atomic mass is 10.0. The molecule has 3 rings (SSSR count). The van der Waals surface area contributed by atoms with Crippen molar-refractivity contribution in [2.75, 3.05) is 0 Å². The minimum Gasteiger partial charge on any atom is -0.318 e. The van der Waals surface area contributed by atoms with Gasteiger partial charge in [-0.2, -0.15) is 5.10 Å². The molecule has 1 aromatic heterocycles. The van der Waals surface area contributed by atoms with Crippen LogP contribution in [-0.2, 0) is 12.8 Å².